The number of rotatable bonds is 3. The third-order valence-electron chi connectivity index (χ3n) is 4.14. The molecule has 3 rings (SSSR count). The van der Waals surface area contributed by atoms with Crippen molar-refractivity contribution in [1.82, 2.24) is 0 Å². The van der Waals surface area contributed by atoms with E-state index in [2.05, 4.69) is 24.5 Å². The summed E-state index contributed by atoms with van der Waals surface area (Å²) in [6.07, 6.45) is 0.173. The SMILES string of the molecule is CC(C)c1cccc(NC(=O)[C@@H]2CC(=O)Nc3ccccc32)c1. The number of nitrogens with one attached hydrogen (secondary N) is 2. The highest BCUT2D eigenvalue weighted by atomic mass is 16.2. The molecule has 23 heavy (non-hydrogen) atoms. The van der Waals surface area contributed by atoms with Crippen LogP contribution in [0.3, 0.4) is 0 Å². The smallest absolute Gasteiger partial charge is 0.232 e. The minimum Gasteiger partial charge on any atom is -0.326 e. The van der Waals surface area contributed by atoms with Gasteiger partial charge in [-0.15, -0.1) is 0 Å². The molecule has 0 spiro atoms. The van der Waals surface area contributed by atoms with E-state index in [1.807, 2.05) is 48.5 Å². The van der Waals surface area contributed by atoms with Crippen LogP contribution >= 0.6 is 0 Å². The molecule has 2 aromatic carbocycles. The summed E-state index contributed by atoms with van der Waals surface area (Å²) in [5.41, 5.74) is 3.53. The van der Waals surface area contributed by atoms with Crippen LogP contribution in [0.15, 0.2) is 48.5 Å². The maximum absolute atomic E-state index is 12.7. The molecular weight excluding hydrogens is 288 g/mol. The first-order valence-electron chi connectivity index (χ1n) is 7.84. The second kappa shape index (κ2) is 6.24. The number of hydrogen-bond acceptors (Lipinski definition) is 2. The Bertz CT molecular complexity index is 753. The van der Waals surface area contributed by atoms with Crippen molar-refractivity contribution in [3.63, 3.8) is 0 Å². The van der Waals surface area contributed by atoms with Gasteiger partial charge in [-0.2, -0.15) is 0 Å². The number of hydrogen-bond donors (Lipinski definition) is 2. The Morgan fingerprint density at radius 1 is 1.17 bits per heavy atom. The normalized spacial score (nSPS) is 16.7. The van der Waals surface area contributed by atoms with Crippen LogP contribution < -0.4 is 10.6 Å². The molecule has 1 aliphatic heterocycles. The molecule has 4 heteroatoms. The molecule has 2 N–H and O–H groups in total. The summed E-state index contributed by atoms with van der Waals surface area (Å²) in [6.45, 7) is 4.23. The third-order valence-corrected chi connectivity index (χ3v) is 4.14. The monoisotopic (exact) mass is 308 g/mol. The summed E-state index contributed by atoms with van der Waals surface area (Å²) in [6, 6.07) is 15.3. The molecule has 0 saturated heterocycles. The molecule has 0 bridgehead atoms. The maximum atomic E-state index is 12.7. The standard InChI is InChI=1S/C19H20N2O2/c1-12(2)13-6-5-7-14(10-13)20-19(23)16-11-18(22)21-17-9-4-3-8-15(16)17/h3-10,12,16H,11H2,1-2H3,(H,20,23)(H,21,22)/t16-/m1/s1. The lowest BCUT2D eigenvalue weighted by Crippen LogP contribution is -2.30. The van der Waals surface area contributed by atoms with Crippen molar-refractivity contribution in [2.24, 2.45) is 0 Å². The molecular formula is C19H20N2O2. The van der Waals surface area contributed by atoms with Crippen LogP contribution in [-0.4, -0.2) is 11.8 Å². The third kappa shape index (κ3) is 3.26. The van der Waals surface area contributed by atoms with Crippen LogP contribution in [0.25, 0.3) is 0 Å². The number of fused-ring (bicyclic) bond motifs is 1. The topological polar surface area (TPSA) is 58.2 Å². The summed E-state index contributed by atoms with van der Waals surface area (Å²) in [5.74, 6) is -0.330. The lowest BCUT2D eigenvalue weighted by molar-refractivity contribution is -0.123. The van der Waals surface area contributed by atoms with Gasteiger partial charge in [0.05, 0.1) is 5.92 Å². The van der Waals surface area contributed by atoms with E-state index in [0.717, 1.165) is 16.9 Å². The van der Waals surface area contributed by atoms with E-state index in [-0.39, 0.29) is 18.2 Å². The number of anilines is 2. The molecule has 0 unspecified atom stereocenters. The van der Waals surface area contributed by atoms with Crippen molar-refractivity contribution in [2.75, 3.05) is 10.6 Å². The number of benzene rings is 2. The van der Waals surface area contributed by atoms with Gasteiger partial charge in [0.15, 0.2) is 0 Å². The highest BCUT2D eigenvalue weighted by Gasteiger charge is 2.30. The highest BCUT2D eigenvalue weighted by Crippen LogP contribution is 2.33. The van der Waals surface area contributed by atoms with E-state index in [1.165, 1.54) is 5.56 Å². The Labute approximate surface area is 135 Å². The van der Waals surface area contributed by atoms with Gasteiger partial charge in [0.25, 0.3) is 0 Å². The number of para-hydroxylation sites is 1. The summed E-state index contributed by atoms with van der Waals surface area (Å²) in [4.78, 5) is 24.5. The predicted octanol–water partition coefficient (Wildman–Crippen LogP) is 3.87. The number of amides is 2. The molecule has 0 aliphatic carbocycles. The molecule has 0 fully saturated rings. The van der Waals surface area contributed by atoms with Crippen molar-refractivity contribution in [3.8, 4) is 0 Å². The van der Waals surface area contributed by atoms with Crippen molar-refractivity contribution < 1.29 is 9.59 Å². The van der Waals surface area contributed by atoms with Crippen LogP contribution in [0.1, 0.15) is 43.2 Å². The average molecular weight is 308 g/mol. The van der Waals surface area contributed by atoms with Gasteiger partial charge in [-0.25, -0.2) is 0 Å². The first-order chi connectivity index (χ1) is 11.0. The van der Waals surface area contributed by atoms with E-state index in [9.17, 15) is 9.59 Å². The van der Waals surface area contributed by atoms with Crippen molar-refractivity contribution in [3.05, 3.63) is 59.7 Å². The maximum Gasteiger partial charge on any atom is 0.232 e. The molecule has 1 atom stereocenters. The first kappa shape index (κ1) is 15.3. The van der Waals surface area contributed by atoms with Crippen LogP contribution in [0.4, 0.5) is 11.4 Å². The van der Waals surface area contributed by atoms with Gasteiger partial charge >= 0.3 is 0 Å². The van der Waals surface area contributed by atoms with E-state index >= 15 is 0 Å². The van der Waals surface area contributed by atoms with Gasteiger partial charge in [0.2, 0.25) is 11.8 Å². The van der Waals surface area contributed by atoms with Crippen LogP contribution in [0, 0.1) is 0 Å². The molecule has 0 saturated carbocycles. The molecule has 2 aromatic rings. The fraction of sp³-hybridized carbons (Fsp3) is 0.263. The summed E-state index contributed by atoms with van der Waals surface area (Å²) in [5, 5.41) is 5.76. The Hall–Kier alpha value is -2.62. The van der Waals surface area contributed by atoms with E-state index in [1.54, 1.807) is 0 Å². The van der Waals surface area contributed by atoms with Gasteiger partial charge in [-0.1, -0.05) is 44.2 Å². The molecule has 0 aromatic heterocycles. The Kier molecular flexibility index (Phi) is 4.15. The van der Waals surface area contributed by atoms with Gasteiger partial charge in [-0.05, 0) is 35.2 Å². The van der Waals surface area contributed by atoms with Gasteiger partial charge < -0.3 is 10.6 Å². The first-order valence-corrected chi connectivity index (χ1v) is 7.84. The molecule has 1 heterocycles. The zero-order valence-electron chi connectivity index (χ0n) is 13.3. The van der Waals surface area contributed by atoms with Gasteiger partial charge in [0, 0.05) is 17.8 Å². The Morgan fingerprint density at radius 3 is 2.74 bits per heavy atom. The number of carbonyl (C=O) groups is 2. The quantitative estimate of drug-likeness (QED) is 0.904. The molecule has 2 amide bonds. The highest BCUT2D eigenvalue weighted by molar-refractivity contribution is 6.05. The molecule has 118 valence electrons. The second-order valence-corrected chi connectivity index (χ2v) is 6.16. The zero-order chi connectivity index (χ0) is 16.4. The largest absolute Gasteiger partial charge is 0.326 e. The summed E-state index contributed by atoms with van der Waals surface area (Å²) >= 11 is 0. The Balaban J connectivity index is 1.84. The fourth-order valence-electron chi connectivity index (χ4n) is 2.85. The predicted molar refractivity (Wildman–Crippen MR) is 91.6 cm³/mol. The van der Waals surface area contributed by atoms with E-state index in [4.69, 9.17) is 0 Å². The minimum atomic E-state index is -0.456. The Morgan fingerprint density at radius 2 is 1.96 bits per heavy atom. The van der Waals surface area contributed by atoms with Gasteiger partial charge in [0.1, 0.15) is 0 Å². The average Bonchev–Trinajstić information content (AvgIpc) is 2.54. The zero-order valence-corrected chi connectivity index (χ0v) is 13.3. The van der Waals surface area contributed by atoms with Crippen molar-refractivity contribution in [1.29, 1.82) is 0 Å². The van der Waals surface area contributed by atoms with E-state index in [0.29, 0.717) is 5.92 Å². The van der Waals surface area contributed by atoms with E-state index < -0.39 is 5.92 Å². The molecule has 1 aliphatic rings. The van der Waals surface area contributed by atoms with Crippen LogP contribution in [0.5, 0.6) is 0 Å². The minimum absolute atomic E-state index is 0.125. The lowest BCUT2D eigenvalue weighted by atomic mass is 9.89. The molecule has 0 radical (unpaired) electrons. The van der Waals surface area contributed by atoms with Crippen LogP contribution in [-0.2, 0) is 9.59 Å². The van der Waals surface area contributed by atoms with Crippen molar-refractivity contribution >= 4 is 23.2 Å². The fourth-order valence-corrected chi connectivity index (χ4v) is 2.85. The summed E-state index contributed by atoms with van der Waals surface area (Å²) in [7, 11) is 0. The van der Waals surface area contributed by atoms with Crippen molar-refractivity contribution in [2.45, 2.75) is 32.1 Å². The lowest BCUT2D eigenvalue weighted by Gasteiger charge is -2.24. The molecule has 4 nitrogen and oxygen atoms in total. The summed E-state index contributed by atoms with van der Waals surface area (Å²) < 4.78 is 0. The second-order valence-electron chi connectivity index (χ2n) is 6.16. The number of carbonyl (C=O) groups excluding carboxylic acids is 2. The van der Waals surface area contributed by atoms with Crippen LogP contribution in [0.2, 0.25) is 0 Å². The van der Waals surface area contributed by atoms with Gasteiger partial charge in [-0.3, -0.25) is 9.59 Å².